The van der Waals surface area contributed by atoms with Gasteiger partial charge in [-0.2, -0.15) is 0 Å². The number of ketones is 1. The number of aromatic nitrogens is 1. The fourth-order valence-electron chi connectivity index (χ4n) is 4.02. The van der Waals surface area contributed by atoms with Gasteiger partial charge in [0.25, 0.3) is 5.78 Å². The number of nitrogens with zero attached hydrogens (tertiary/aromatic N) is 2. The van der Waals surface area contributed by atoms with Crippen molar-refractivity contribution < 1.29 is 28.6 Å². The van der Waals surface area contributed by atoms with Crippen molar-refractivity contribution in [2.24, 2.45) is 0 Å². The van der Waals surface area contributed by atoms with Crippen molar-refractivity contribution in [3.8, 4) is 11.5 Å². The van der Waals surface area contributed by atoms with Crippen LogP contribution in [0.4, 0.5) is 9.52 Å². The van der Waals surface area contributed by atoms with Gasteiger partial charge in [0.15, 0.2) is 5.13 Å². The van der Waals surface area contributed by atoms with Crippen molar-refractivity contribution in [3.05, 3.63) is 89.2 Å². The van der Waals surface area contributed by atoms with Gasteiger partial charge in [-0.1, -0.05) is 23.5 Å². The van der Waals surface area contributed by atoms with Gasteiger partial charge in [-0.15, -0.1) is 0 Å². The second-order valence-corrected chi connectivity index (χ2v) is 8.79. The fourth-order valence-corrected chi connectivity index (χ4v) is 5.04. The Kier molecular flexibility index (Phi) is 5.70. The first-order chi connectivity index (χ1) is 16.9. The highest BCUT2D eigenvalue weighted by atomic mass is 32.1. The minimum absolute atomic E-state index is 0.108. The van der Waals surface area contributed by atoms with Gasteiger partial charge in [-0.05, 0) is 60.2 Å². The molecule has 1 atom stereocenters. The van der Waals surface area contributed by atoms with Crippen LogP contribution in [-0.4, -0.2) is 36.0 Å². The van der Waals surface area contributed by atoms with Gasteiger partial charge >= 0.3 is 5.91 Å². The summed E-state index contributed by atoms with van der Waals surface area (Å²) in [5.74, 6) is -1.30. The van der Waals surface area contributed by atoms with Gasteiger partial charge in [0, 0.05) is 5.56 Å². The Morgan fingerprint density at radius 2 is 1.63 bits per heavy atom. The summed E-state index contributed by atoms with van der Waals surface area (Å²) in [6.07, 6.45) is 0. The monoisotopic (exact) mass is 490 g/mol. The highest BCUT2D eigenvalue weighted by Crippen LogP contribution is 2.44. The number of Topliss-reactive ketones (excluding diaryl/α,β-unsaturated/α-hetero) is 1. The Hall–Kier alpha value is -4.24. The molecule has 0 saturated carbocycles. The van der Waals surface area contributed by atoms with Crippen LogP contribution in [0.2, 0.25) is 0 Å². The second kappa shape index (κ2) is 8.84. The molecule has 176 valence electrons. The molecule has 0 unspecified atom stereocenters. The Bertz CT molecular complexity index is 1480. The van der Waals surface area contributed by atoms with E-state index in [0.717, 1.165) is 4.70 Å². The number of thiazole rings is 1. The Morgan fingerprint density at radius 3 is 2.29 bits per heavy atom. The molecule has 0 aliphatic carbocycles. The summed E-state index contributed by atoms with van der Waals surface area (Å²) in [5.41, 5.74) is 1.31. The molecule has 0 bridgehead atoms. The lowest BCUT2D eigenvalue weighted by Gasteiger charge is -2.23. The molecule has 1 aliphatic heterocycles. The summed E-state index contributed by atoms with van der Waals surface area (Å²) in [5, 5.41) is 11.4. The summed E-state index contributed by atoms with van der Waals surface area (Å²) < 4.78 is 24.9. The van der Waals surface area contributed by atoms with Gasteiger partial charge in [0.2, 0.25) is 0 Å². The Labute approximate surface area is 203 Å². The van der Waals surface area contributed by atoms with Crippen LogP contribution < -0.4 is 14.4 Å². The van der Waals surface area contributed by atoms with E-state index in [1.54, 1.807) is 49.6 Å². The molecule has 7 nitrogen and oxygen atoms in total. The number of benzene rings is 3. The van der Waals surface area contributed by atoms with Crippen LogP contribution in [0.25, 0.3) is 16.0 Å². The number of aliphatic hydroxyl groups is 1. The van der Waals surface area contributed by atoms with Crippen LogP contribution in [0.5, 0.6) is 11.5 Å². The summed E-state index contributed by atoms with van der Waals surface area (Å²) in [4.78, 5) is 32.3. The Morgan fingerprint density at radius 1 is 0.971 bits per heavy atom. The van der Waals surface area contributed by atoms with Gasteiger partial charge in [0.05, 0.1) is 36.1 Å². The first-order valence-corrected chi connectivity index (χ1v) is 11.4. The SMILES string of the molecule is COc1ccc(/C(O)=C2\C(=O)C(=O)N(c3nc4ccc(OC)cc4s3)[C@@H]2c2ccc(F)cc2)cc1. The normalized spacial score (nSPS) is 17.2. The van der Waals surface area contributed by atoms with Crippen LogP contribution in [0.15, 0.2) is 72.3 Å². The molecule has 9 heteroatoms. The number of rotatable bonds is 5. The molecule has 1 aliphatic rings. The number of anilines is 1. The van der Waals surface area contributed by atoms with E-state index >= 15 is 0 Å². The molecular weight excluding hydrogens is 471 g/mol. The molecule has 35 heavy (non-hydrogen) atoms. The molecule has 1 fully saturated rings. The summed E-state index contributed by atoms with van der Waals surface area (Å²) in [7, 11) is 3.07. The predicted molar refractivity (Wildman–Crippen MR) is 130 cm³/mol. The lowest BCUT2D eigenvalue weighted by atomic mass is 9.95. The standard InChI is InChI=1S/C26H19FN2O5S/c1-33-17-9-5-15(6-10-17)23(30)21-22(14-3-7-16(27)8-4-14)29(25(32)24(21)31)26-28-19-12-11-18(34-2)13-20(19)35-26/h3-13,22,30H,1-2H3/b23-21+/t22-/m1/s1. The first kappa shape index (κ1) is 22.5. The molecule has 2 heterocycles. The first-order valence-electron chi connectivity index (χ1n) is 10.6. The van der Waals surface area contributed by atoms with Crippen LogP contribution in [0.3, 0.4) is 0 Å². The fraction of sp³-hybridized carbons (Fsp3) is 0.115. The number of ether oxygens (including phenoxy) is 2. The Balaban J connectivity index is 1.69. The number of halogens is 1. The van der Waals surface area contributed by atoms with Crippen LogP contribution in [0.1, 0.15) is 17.2 Å². The third kappa shape index (κ3) is 3.89. The smallest absolute Gasteiger partial charge is 0.301 e. The predicted octanol–water partition coefficient (Wildman–Crippen LogP) is 5.08. The molecule has 0 spiro atoms. The summed E-state index contributed by atoms with van der Waals surface area (Å²) in [6.45, 7) is 0. The zero-order chi connectivity index (χ0) is 24.7. The van der Waals surface area contributed by atoms with E-state index in [1.807, 2.05) is 0 Å². The van der Waals surface area contributed by atoms with Gasteiger partial charge in [-0.25, -0.2) is 9.37 Å². The van der Waals surface area contributed by atoms with E-state index in [-0.39, 0.29) is 16.5 Å². The molecule has 1 amide bonds. The molecule has 3 aromatic carbocycles. The number of hydrogen-bond acceptors (Lipinski definition) is 7. The summed E-state index contributed by atoms with van der Waals surface area (Å²) >= 11 is 1.21. The number of methoxy groups -OCH3 is 2. The number of fused-ring (bicyclic) bond motifs is 1. The number of carbonyl (C=O) groups excluding carboxylic acids is 2. The van der Waals surface area contributed by atoms with E-state index in [2.05, 4.69) is 4.98 Å². The van der Waals surface area contributed by atoms with Crippen LogP contribution in [0, 0.1) is 5.82 Å². The van der Waals surface area contributed by atoms with Gasteiger partial charge in [-0.3, -0.25) is 14.5 Å². The molecule has 0 radical (unpaired) electrons. The molecular formula is C26H19FN2O5S. The third-order valence-electron chi connectivity index (χ3n) is 5.78. The van der Waals surface area contributed by atoms with Crippen molar-refractivity contribution in [1.29, 1.82) is 0 Å². The van der Waals surface area contributed by atoms with E-state index in [4.69, 9.17) is 9.47 Å². The van der Waals surface area contributed by atoms with Crippen molar-refractivity contribution in [1.82, 2.24) is 4.98 Å². The summed E-state index contributed by atoms with van der Waals surface area (Å²) in [6, 6.07) is 16.2. The number of hydrogen-bond donors (Lipinski definition) is 1. The maximum atomic E-state index is 13.7. The van der Waals surface area contributed by atoms with Crippen molar-refractivity contribution in [2.75, 3.05) is 19.1 Å². The van der Waals surface area contributed by atoms with Crippen molar-refractivity contribution in [2.45, 2.75) is 6.04 Å². The maximum Gasteiger partial charge on any atom is 0.301 e. The average molecular weight is 491 g/mol. The minimum Gasteiger partial charge on any atom is -0.507 e. The molecule has 4 aromatic rings. The van der Waals surface area contributed by atoms with Crippen molar-refractivity contribution in [3.63, 3.8) is 0 Å². The van der Waals surface area contributed by atoms with E-state index in [9.17, 15) is 19.1 Å². The van der Waals surface area contributed by atoms with Crippen LogP contribution >= 0.6 is 11.3 Å². The topological polar surface area (TPSA) is 89.0 Å². The van der Waals surface area contributed by atoms with E-state index < -0.39 is 23.5 Å². The van der Waals surface area contributed by atoms with Gasteiger partial charge < -0.3 is 14.6 Å². The van der Waals surface area contributed by atoms with Gasteiger partial charge in [0.1, 0.15) is 23.1 Å². The van der Waals surface area contributed by atoms with Crippen molar-refractivity contribution >= 4 is 44.1 Å². The van der Waals surface area contributed by atoms with E-state index in [1.165, 1.54) is 47.6 Å². The minimum atomic E-state index is -1.000. The lowest BCUT2D eigenvalue weighted by molar-refractivity contribution is -0.132. The number of aliphatic hydroxyl groups excluding tert-OH is 1. The highest BCUT2D eigenvalue weighted by molar-refractivity contribution is 7.22. The second-order valence-electron chi connectivity index (χ2n) is 7.78. The van der Waals surface area contributed by atoms with Crippen LogP contribution in [-0.2, 0) is 9.59 Å². The molecule has 1 N–H and O–H groups in total. The van der Waals surface area contributed by atoms with E-state index in [0.29, 0.717) is 28.1 Å². The quantitative estimate of drug-likeness (QED) is 0.239. The number of carbonyl (C=O) groups is 2. The molecule has 1 saturated heterocycles. The average Bonchev–Trinajstić information content (AvgIpc) is 3.41. The largest absolute Gasteiger partial charge is 0.507 e. The molecule has 1 aromatic heterocycles. The number of amides is 1. The molecule has 5 rings (SSSR count). The highest BCUT2D eigenvalue weighted by Gasteiger charge is 2.48. The maximum absolute atomic E-state index is 13.7. The third-order valence-corrected chi connectivity index (χ3v) is 6.80. The zero-order valence-electron chi connectivity index (χ0n) is 18.7. The lowest BCUT2D eigenvalue weighted by Crippen LogP contribution is -2.29. The zero-order valence-corrected chi connectivity index (χ0v) is 19.5.